The fourth-order valence-electron chi connectivity index (χ4n) is 3.10. The molecule has 0 aromatic rings. The minimum atomic E-state index is 0.0136. The number of carbonyl (C=O) groups excluding carboxylic acids is 4. The summed E-state index contributed by atoms with van der Waals surface area (Å²) in [5.74, 6) is 0.148. The lowest BCUT2D eigenvalue weighted by Crippen LogP contribution is -2.34. The van der Waals surface area contributed by atoms with Crippen LogP contribution < -0.4 is 21.3 Å². The highest BCUT2D eigenvalue weighted by molar-refractivity contribution is 5.77. The molecule has 4 N–H and O–H groups in total. The molecule has 0 unspecified atom stereocenters. The van der Waals surface area contributed by atoms with Crippen LogP contribution in [0.5, 0.6) is 0 Å². The van der Waals surface area contributed by atoms with Gasteiger partial charge in [0.1, 0.15) is 0 Å². The Morgan fingerprint density at radius 3 is 1.76 bits per heavy atom. The van der Waals surface area contributed by atoms with Crippen molar-refractivity contribution in [3.05, 3.63) is 0 Å². The first-order valence-corrected chi connectivity index (χ1v) is 15.6. The van der Waals surface area contributed by atoms with Crippen LogP contribution in [0.15, 0.2) is 0 Å². The van der Waals surface area contributed by atoms with Crippen LogP contribution in [-0.2, 0) is 38.1 Å². The summed E-state index contributed by atoms with van der Waals surface area (Å²) < 4.78 is 20.4. The Morgan fingerprint density at radius 1 is 0.690 bits per heavy atom. The van der Waals surface area contributed by atoms with Gasteiger partial charge in [0.25, 0.3) is 0 Å². The van der Waals surface area contributed by atoms with E-state index < -0.39 is 0 Å². The average molecular weight is 607 g/mol. The van der Waals surface area contributed by atoms with E-state index in [1.165, 1.54) is 0 Å². The summed E-state index contributed by atoms with van der Waals surface area (Å²) in [7, 11) is 1.64. The third-order valence-corrected chi connectivity index (χ3v) is 5.44. The molecule has 0 aliphatic carbocycles. The maximum absolute atomic E-state index is 11.7. The second-order valence-corrected chi connectivity index (χ2v) is 9.13. The molecule has 0 bridgehead atoms. The molecular formula is C30H62N4O8. The number of unbranched alkanes of at least 4 members (excludes halogenated alkanes) is 3. The van der Waals surface area contributed by atoms with Crippen LogP contribution >= 0.6 is 0 Å². The van der Waals surface area contributed by atoms with Crippen molar-refractivity contribution in [2.75, 3.05) is 73.0 Å². The zero-order valence-electron chi connectivity index (χ0n) is 27.4. The quantitative estimate of drug-likeness (QED) is 0.0823. The van der Waals surface area contributed by atoms with Crippen LogP contribution in [-0.4, -0.2) is 103 Å². The first-order valence-electron chi connectivity index (χ1n) is 15.6. The fraction of sp³-hybridized carbons (Fsp3) is 0.867. The number of methoxy groups -OCH3 is 1. The Morgan fingerprint density at radius 2 is 1.24 bits per heavy atom. The van der Waals surface area contributed by atoms with Gasteiger partial charge in [-0.15, -0.1) is 0 Å². The third kappa shape index (κ3) is 39.9. The van der Waals surface area contributed by atoms with E-state index in [4.69, 9.17) is 18.9 Å². The number of carbonyl (C=O) groups is 4. The number of amides is 4. The van der Waals surface area contributed by atoms with Crippen LogP contribution in [0.3, 0.4) is 0 Å². The zero-order chi connectivity index (χ0) is 32.1. The first kappa shape index (κ1) is 44.2. The Hall–Kier alpha value is -2.28. The molecule has 12 heteroatoms. The van der Waals surface area contributed by atoms with Crippen molar-refractivity contribution >= 4 is 24.1 Å². The third-order valence-electron chi connectivity index (χ3n) is 5.44. The fourth-order valence-corrected chi connectivity index (χ4v) is 3.10. The van der Waals surface area contributed by atoms with Gasteiger partial charge in [0, 0.05) is 52.0 Å². The van der Waals surface area contributed by atoms with Gasteiger partial charge in [-0.05, 0) is 32.6 Å². The number of hydrogen-bond donors (Lipinski definition) is 4. The Kier molecular flexibility index (Phi) is 40.7. The number of hydrogen-bond acceptors (Lipinski definition) is 8. The average Bonchev–Trinajstić information content (AvgIpc) is 2.99. The second-order valence-electron chi connectivity index (χ2n) is 9.13. The molecule has 1 atom stereocenters. The Labute approximate surface area is 255 Å². The maximum atomic E-state index is 11.7. The summed E-state index contributed by atoms with van der Waals surface area (Å²) in [6.45, 7) is 15.6. The van der Waals surface area contributed by atoms with Gasteiger partial charge in [-0.1, -0.05) is 40.5 Å². The molecular weight excluding hydrogens is 544 g/mol. The summed E-state index contributed by atoms with van der Waals surface area (Å²) in [6.07, 6.45) is 7.60. The van der Waals surface area contributed by atoms with E-state index in [1.54, 1.807) is 7.11 Å². The van der Waals surface area contributed by atoms with Crippen LogP contribution in [0.1, 0.15) is 92.4 Å². The topological polar surface area (TPSA) is 153 Å². The molecule has 0 heterocycles. The van der Waals surface area contributed by atoms with E-state index in [9.17, 15) is 19.2 Å². The van der Waals surface area contributed by atoms with Crippen molar-refractivity contribution in [3.8, 4) is 0 Å². The molecule has 12 nitrogen and oxygen atoms in total. The normalized spacial score (nSPS) is 10.7. The smallest absolute Gasteiger partial charge is 0.220 e. The molecule has 0 aliphatic heterocycles. The lowest BCUT2D eigenvalue weighted by atomic mass is 10.1. The van der Waals surface area contributed by atoms with Crippen LogP contribution in [0.4, 0.5) is 0 Å². The van der Waals surface area contributed by atoms with E-state index in [2.05, 4.69) is 28.2 Å². The molecule has 0 fully saturated rings. The van der Waals surface area contributed by atoms with Crippen LogP contribution in [0.2, 0.25) is 0 Å². The molecule has 0 radical (unpaired) electrons. The van der Waals surface area contributed by atoms with Crippen molar-refractivity contribution in [2.24, 2.45) is 0 Å². The van der Waals surface area contributed by atoms with Crippen molar-refractivity contribution < 1.29 is 38.1 Å². The van der Waals surface area contributed by atoms with Gasteiger partial charge in [-0.25, -0.2) is 0 Å². The number of rotatable bonds is 27. The van der Waals surface area contributed by atoms with E-state index in [1.807, 2.05) is 27.7 Å². The van der Waals surface area contributed by atoms with Gasteiger partial charge in [-0.3, -0.25) is 19.2 Å². The summed E-state index contributed by atoms with van der Waals surface area (Å²) in [4.78, 5) is 44.3. The summed E-state index contributed by atoms with van der Waals surface area (Å²) >= 11 is 0. The number of nitrogens with one attached hydrogen (secondary N) is 4. The lowest BCUT2D eigenvalue weighted by molar-refractivity contribution is -0.123. The standard InChI is InChI=1S/C18H35N3O3.C10H21NO5.C2H6/c1-4-6-7-10-18(24)21-15(3)11-12-17(23)20-14-9-8-13-19-16(22)5-2;1-13-4-5-15-8-9-16-7-6-14-3-2-11-10-12;1-2/h15H,4-14H2,1-3H3,(H,19,22)(H,20,23)(H,21,24);10H,2-9H2,1H3,(H,11,12);1-2H3/t15-;;/m1../s1. The molecule has 4 amide bonds. The SMILES string of the molecule is CC.CCCCCC(=O)N[C@H](C)CCC(=O)NCCCCNC(=O)CC.COCCOCCOCCOCCNC=O. The van der Waals surface area contributed by atoms with Gasteiger partial charge < -0.3 is 40.2 Å². The minimum absolute atomic E-state index is 0.0136. The van der Waals surface area contributed by atoms with Crippen LogP contribution in [0.25, 0.3) is 0 Å². The highest BCUT2D eigenvalue weighted by atomic mass is 16.6. The molecule has 0 saturated carbocycles. The van der Waals surface area contributed by atoms with E-state index in [-0.39, 0.29) is 23.8 Å². The Balaban J connectivity index is -0.000000733. The first-order chi connectivity index (χ1) is 20.4. The molecule has 0 aromatic heterocycles. The highest BCUT2D eigenvalue weighted by Gasteiger charge is 2.09. The molecule has 0 aliphatic rings. The van der Waals surface area contributed by atoms with E-state index >= 15 is 0 Å². The largest absolute Gasteiger partial charge is 0.382 e. The predicted molar refractivity (Wildman–Crippen MR) is 166 cm³/mol. The van der Waals surface area contributed by atoms with Gasteiger partial charge in [-0.2, -0.15) is 0 Å². The highest BCUT2D eigenvalue weighted by Crippen LogP contribution is 2.01. The summed E-state index contributed by atoms with van der Waals surface area (Å²) in [6, 6.07) is 0.0223. The van der Waals surface area contributed by atoms with E-state index in [0.717, 1.165) is 32.1 Å². The maximum Gasteiger partial charge on any atom is 0.220 e. The summed E-state index contributed by atoms with van der Waals surface area (Å²) in [5, 5.41) is 11.1. The molecule has 0 saturated heterocycles. The molecule has 0 aromatic carbocycles. The van der Waals surface area contributed by atoms with Crippen molar-refractivity contribution in [2.45, 2.75) is 98.4 Å². The number of ether oxygens (including phenoxy) is 4. The Bertz CT molecular complexity index is 612. The molecule has 0 rings (SSSR count). The molecule has 0 spiro atoms. The van der Waals surface area contributed by atoms with Crippen molar-refractivity contribution in [3.63, 3.8) is 0 Å². The van der Waals surface area contributed by atoms with E-state index in [0.29, 0.717) is 98.0 Å². The summed E-state index contributed by atoms with van der Waals surface area (Å²) in [5.41, 5.74) is 0. The van der Waals surface area contributed by atoms with Crippen molar-refractivity contribution in [1.29, 1.82) is 0 Å². The zero-order valence-corrected chi connectivity index (χ0v) is 27.4. The van der Waals surface area contributed by atoms with Crippen molar-refractivity contribution in [1.82, 2.24) is 21.3 Å². The van der Waals surface area contributed by atoms with Gasteiger partial charge in [0.2, 0.25) is 24.1 Å². The lowest BCUT2D eigenvalue weighted by Gasteiger charge is -2.13. The molecule has 42 heavy (non-hydrogen) atoms. The van der Waals surface area contributed by atoms with Crippen LogP contribution in [0, 0.1) is 0 Å². The van der Waals surface area contributed by atoms with Gasteiger partial charge >= 0.3 is 0 Å². The minimum Gasteiger partial charge on any atom is -0.382 e. The van der Waals surface area contributed by atoms with Gasteiger partial charge in [0.15, 0.2) is 0 Å². The van der Waals surface area contributed by atoms with Gasteiger partial charge in [0.05, 0.1) is 46.2 Å². The monoisotopic (exact) mass is 606 g/mol. The second kappa shape index (κ2) is 38.7. The predicted octanol–water partition coefficient (Wildman–Crippen LogP) is 2.73. The molecule has 250 valence electrons.